The second-order valence-corrected chi connectivity index (χ2v) is 17.1. The number of allylic oxidation sites excluding steroid dienone is 1. The second kappa shape index (κ2) is 16.3. The fourth-order valence-electron chi connectivity index (χ4n) is 9.63. The molecule has 0 saturated carbocycles. The molecule has 1 atom stereocenters. The molecule has 10 rings (SSSR count). The molecule has 0 spiro atoms. The Hall–Kier alpha value is -7.50. The Labute approximate surface area is 391 Å². The van der Waals surface area contributed by atoms with Crippen molar-refractivity contribution < 1.29 is 65.9 Å². The third kappa shape index (κ3) is 8.35. The number of nitrogens with zero attached hydrogens (tertiary/aromatic N) is 3. The van der Waals surface area contributed by atoms with Crippen LogP contribution in [0.15, 0.2) is 140 Å². The summed E-state index contributed by atoms with van der Waals surface area (Å²) >= 11 is 0. The van der Waals surface area contributed by atoms with E-state index in [-0.39, 0.29) is 45.7 Å². The average molecular weight is 994 g/mol. The summed E-state index contributed by atoms with van der Waals surface area (Å²) in [7, 11) is 0. The molecule has 362 valence electrons. The Balaban J connectivity index is 1.21. The van der Waals surface area contributed by atoms with Crippen molar-refractivity contribution in [3.8, 4) is 33.8 Å². The molecule has 6 aromatic carbocycles. The quantitative estimate of drug-likeness (QED) is 0.158. The van der Waals surface area contributed by atoms with Gasteiger partial charge in [0.1, 0.15) is 5.82 Å². The third-order valence-electron chi connectivity index (χ3n) is 12.8. The van der Waals surface area contributed by atoms with Gasteiger partial charge in [-0.05, 0) is 126 Å². The topological polar surface area (TPSA) is 22.8 Å². The first-order chi connectivity index (χ1) is 33.3. The number of aromatic nitrogens is 3. The van der Waals surface area contributed by atoms with Gasteiger partial charge < -0.3 is 4.57 Å². The molecule has 3 nitrogen and oxygen atoms in total. The monoisotopic (exact) mass is 993 g/mol. The summed E-state index contributed by atoms with van der Waals surface area (Å²) in [5, 5.41) is 1.27. The fourth-order valence-corrected chi connectivity index (χ4v) is 9.63. The van der Waals surface area contributed by atoms with Gasteiger partial charge in [-0.1, -0.05) is 60.7 Å². The maximum Gasteiger partial charge on any atom is 0.417 e. The molecule has 1 aliphatic rings. The lowest BCUT2D eigenvalue weighted by Crippen LogP contribution is -2.12. The summed E-state index contributed by atoms with van der Waals surface area (Å²) in [4.78, 5) is 4.77. The number of halogens is 15. The van der Waals surface area contributed by atoms with E-state index in [0.29, 0.717) is 69.3 Å². The standard InChI is InChI=1S/C53H30F15N3/c1-27-18-31(49(54,55)56)12-14-35(27)28-10-17-46-41(21-28)38-7-3-5-9-44(38)71(46)48-25-39(30-19-33(51(60,61)62)23-34(20-30)52(63,64)65)47(26-69-48)70-43-8-4-2-6-37(43)40-22-29(11-16-45(40)70)36-15-13-32(50(57,58)59)24-42(36)53(66,67)68/h2-20,22-26,28H,21H2,1H3. The van der Waals surface area contributed by atoms with E-state index in [1.54, 1.807) is 72.2 Å². The summed E-state index contributed by atoms with van der Waals surface area (Å²) in [6, 6.07) is 24.3. The van der Waals surface area contributed by atoms with Gasteiger partial charge in [0.2, 0.25) is 0 Å². The number of hydrogen-bond donors (Lipinski definition) is 0. The van der Waals surface area contributed by atoms with Gasteiger partial charge in [-0.15, -0.1) is 0 Å². The van der Waals surface area contributed by atoms with E-state index in [4.69, 9.17) is 4.98 Å². The number of hydrogen-bond acceptors (Lipinski definition) is 1. The van der Waals surface area contributed by atoms with E-state index in [1.807, 2.05) is 0 Å². The Morgan fingerprint density at radius 1 is 0.479 bits per heavy atom. The minimum absolute atomic E-state index is 0.00598. The molecule has 3 heterocycles. The van der Waals surface area contributed by atoms with E-state index in [1.165, 1.54) is 41.1 Å². The highest BCUT2D eigenvalue weighted by atomic mass is 19.4. The predicted molar refractivity (Wildman–Crippen MR) is 238 cm³/mol. The molecule has 0 saturated heterocycles. The summed E-state index contributed by atoms with van der Waals surface area (Å²) in [6.07, 6.45) is -20.3. The zero-order chi connectivity index (χ0) is 50.7. The number of rotatable bonds is 5. The summed E-state index contributed by atoms with van der Waals surface area (Å²) < 4.78 is 215. The number of alkyl halides is 15. The van der Waals surface area contributed by atoms with Gasteiger partial charge in [-0.2, -0.15) is 65.9 Å². The van der Waals surface area contributed by atoms with Crippen molar-refractivity contribution in [2.45, 2.75) is 50.1 Å². The van der Waals surface area contributed by atoms with E-state index in [0.717, 1.165) is 17.7 Å². The van der Waals surface area contributed by atoms with Crippen molar-refractivity contribution in [1.29, 1.82) is 0 Å². The maximum absolute atomic E-state index is 14.5. The highest BCUT2D eigenvalue weighted by Crippen LogP contribution is 2.47. The van der Waals surface area contributed by atoms with Crippen LogP contribution in [0.5, 0.6) is 0 Å². The Bertz CT molecular complexity index is 3600. The van der Waals surface area contributed by atoms with Crippen molar-refractivity contribution >= 4 is 38.8 Å². The predicted octanol–water partition coefficient (Wildman–Crippen LogP) is 17.2. The van der Waals surface area contributed by atoms with Gasteiger partial charge in [0.25, 0.3) is 0 Å². The van der Waals surface area contributed by atoms with Gasteiger partial charge in [-0.3, -0.25) is 4.57 Å². The zero-order valence-electron chi connectivity index (χ0n) is 36.2. The smallest absolute Gasteiger partial charge is 0.307 e. The molecular formula is C53H30F15N3. The zero-order valence-corrected chi connectivity index (χ0v) is 36.2. The molecule has 0 aliphatic heterocycles. The van der Waals surface area contributed by atoms with E-state index in [9.17, 15) is 65.9 Å². The molecule has 71 heavy (non-hydrogen) atoms. The lowest BCUT2D eigenvalue weighted by molar-refractivity contribution is -0.144. The van der Waals surface area contributed by atoms with Crippen LogP contribution < -0.4 is 0 Å². The number of para-hydroxylation sites is 2. The highest BCUT2D eigenvalue weighted by Gasteiger charge is 2.40. The molecule has 1 unspecified atom stereocenters. The fraction of sp³-hybridized carbons (Fsp3) is 0.151. The van der Waals surface area contributed by atoms with E-state index in [2.05, 4.69) is 0 Å². The second-order valence-electron chi connectivity index (χ2n) is 17.1. The van der Waals surface area contributed by atoms with E-state index >= 15 is 0 Å². The van der Waals surface area contributed by atoms with E-state index < -0.39 is 75.7 Å². The van der Waals surface area contributed by atoms with Crippen molar-refractivity contribution in [2.24, 2.45) is 0 Å². The van der Waals surface area contributed by atoms with Crippen LogP contribution in [-0.4, -0.2) is 14.1 Å². The molecule has 1 aliphatic carbocycles. The van der Waals surface area contributed by atoms with Crippen LogP contribution >= 0.6 is 0 Å². The number of benzene rings is 6. The summed E-state index contributed by atoms with van der Waals surface area (Å²) in [6.45, 7) is 1.57. The van der Waals surface area contributed by atoms with Crippen LogP contribution in [0.25, 0.3) is 72.5 Å². The largest absolute Gasteiger partial charge is 0.417 e. The number of aryl methyl sites for hydroxylation is 1. The van der Waals surface area contributed by atoms with Crippen LogP contribution in [0.1, 0.15) is 56.1 Å². The molecule has 0 amide bonds. The van der Waals surface area contributed by atoms with Crippen LogP contribution in [0.3, 0.4) is 0 Å². The average Bonchev–Trinajstić information content (AvgIpc) is 3.81. The Morgan fingerprint density at radius 3 is 1.68 bits per heavy atom. The molecule has 3 aromatic heterocycles. The highest BCUT2D eigenvalue weighted by molar-refractivity contribution is 6.11. The third-order valence-corrected chi connectivity index (χ3v) is 12.8. The molecule has 0 radical (unpaired) electrons. The molecule has 9 aromatic rings. The summed E-state index contributed by atoms with van der Waals surface area (Å²) in [5.41, 5.74) is -5.34. The minimum atomic E-state index is -5.26. The molecule has 0 bridgehead atoms. The molecule has 0 N–H and O–H groups in total. The Morgan fingerprint density at radius 2 is 1.06 bits per heavy atom. The normalized spacial score (nSPS) is 14.8. The van der Waals surface area contributed by atoms with Crippen LogP contribution in [-0.2, 0) is 37.3 Å². The van der Waals surface area contributed by atoms with Gasteiger partial charge in [-0.25, -0.2) is 4.98 Å². The van der Waals surface area contributed by atoms with Crippen molar-refractivity contribution in [1.82, 2.24) is 14.1 Å². The summed E-state index contributed by atoms with van der Waals surface area (Å²) in [5.74, 6) is -0.345. The SMILES string of the molecule is Cc1cc(C(F)(F)F)ccc1C1C=Cc2c(c3ccccc3n2-c2cc(-c3cc(C(F)(F)F)cc(C(F)(F)F)c3)c(-n3c4ccccc4c4cc(-c5ccc(C(F)(F)F)cc5C(F)(F)F)ccc43)cn2)C1. The maximum atomic E-state index is 14.5. The van der Waals surface area contributed by atoms with Gasteiger partial charge in [0.05, 0.1) is 61.9 Å². The van der Waals surface area contributed by atoms with Gasteiger partial charge in [0, 0.05) is 27.6 Å². The number of pyridine rings is 1. The lowest BCUT2D eigenvalue weighted by atomic mass is 9.84. The van der Waals surface area contributed by atoms with Crippen LogP contribution in [0.4, 0.5) is 65.9 Å². The van der Waals surface area contributed by atoms with Crippen LogP contribution in [0, 0.1) is 6.92 Å². The lowest BCUT2D eigenvalue weighted by Gasteiger charge is -2.22. The molecule has 0 fully saturated rings. The van der Waals surface area contributed by atoms with Crippen molar-refractivity contribution in [3.63, 3.8) is 0 Å². The van der Waals surface area contributed by atoms with Crippen LogP contribution in [0.2, 0.25) is 0 Å². The van der Waals surface area contributed by atoms with Crippen molar-refractivity contribution in [3.05, 3.63) is 190 Å². The van der Waals surface area contributed by atoms with Gasteiger partial charge in [0.15, 0.2) is 0 Å². The first-order valence-corrected chi connectivity index (χ1v) is 21.4. The molecular weight excluding hydrogens is 964 g/mol. The Kier molecular flexibility index (Phi) is 10.8. The van der Waals surface area contributed by atoms with Gasteiger partial charge >= 0.3 is 30.9 Å². The molecule has 18 heteroatoms. The van der Waals surface area contributed by atoms with Crippen molar-refractivity contribution in [2.75, 3.05) is 0 Å². The first-order valence-electron chi connectivity index (χ1n) is 21.4. The minimum Gasteiger partial charge on any atom is -0.307 e. The first kappa shape index (κ1) is 47.2. The number of fused-ring (bicyclic) bond motifs is 6.